The Morgan fingerprint density at radius 3 is 2.63 bits per heavy atom. The summed E-state index contributed by atoms with van der Waals surface area (Å²) in [6, 6.07) is 14.4. The van der Waals surface area contributed by atoms with Crippen molar-refractivity contribution >= 4 is 35.8 Å². The summed E-state index contributed by atoms with van der Waals surface area (Å²) in [5.41, 5.74) is 1.19. The lowest BCUT2D eigenvalue weighted by molar-refractivity contribution is -0.180. The number of ether oxygens (including phenoxy) is 2. The van der Waals surface area contributed by atoms with E-state index in [1.807, 2.05) is 35.0 Å². The molecule has 0 aliphatic carbocycles. The predicted octanol–water partition coefficient (Wildman–Crippen LogP) is 5.63. The van der Waals surface area contributed by atoms with Crippen LogP contribution in [0.1, 0.15) is 12.0 Å². The molecule has 4 rings (SSSR count). The molecule has 1 fully saturated rings. The zero-order valence-corrected chi connectivity index (χ0v) is 18.6. The molecule has 2 atom stereocenters. The molecule has 3 aromatic rings. The van der Waals surface area contributed by atoms with E-state index in [9.17, 15) is 4.39 Å². The van der Waals surface area contributed by atoms with Gasteiger partial charge >= 0.3 is 0 Å². The molecule has 0 saturated carbocycles. The number of rotatable bonds is 8. The monoisotopic (exact) mass is 468 g/mol. The maximum absolute atomic E-state index is 13.1. The second-order valence-corrected chi connectivity index (χ2v) is 8.62. The van der Waals surface area contributed by atoms with Crippen LogP contribution >= 0.6 is 35.8 Å². The molecule has 8 heteroatoms. The number of imidazole rings is 1. The first-order valence-electron chi connectivity index (χ1n) is 9.51. The van der Waals surface area contributed by atoms with Crippen LogP contribution in [0, 0.1) is 5.82 Å². The standard InChI is InChI=1S/C22H22ClFN2O2S.ClH/c23-18-3-1-17(2-4-18)9-10-22(15-26-12-11-25-16-26)27-13-20(28-22)14-29-21-7-5-19(24)6-8-21;/h1-8,11-12,16,20H,9-10,13-15H2;1H/t20-,22-;/m0./s1. The molecule has 1 aromatic heterocycles. The highest BCUT2D eigenvalue weighted by Crippen LogP contribution is 2.33. The molecule has 0 spiro atoms. The van der Waals surface area contributed by atoms with Crippen molar-refractivity contribution in [3.63, 3.8) is 0 Å². The Kier molecular flexibility index (Phi) is 8.20. The van der Waals surface area contributed by atoms with E-state index >= 15 is 0 Å². The van der Waals surface area contributed by atoms with Crippen LogP contribution in [-0.4, -0.2) is 33.8 Å². The van der Waals surface area contributed by atoms with Crippen LogP contribution in [0.25, 0.3) is 0 Å². The first-order chi connectivity index (χ1) is 14.1. The number of hydrogen-bond donors (Lipinski definition) is 0. The third kappa shape index (κ3) is 6.22. The fraction of sp³-hybridized carbons (Fsp3) is 0.318. The van der Waals surface area contributed by atoms with Crippen molar-refractivity contribution in [1.29, 1.82) is 0 Å². The van der Waals surface area contributed by atoms with Crippen LogP contribution in [0.2, 0.25) is 5.02 Å². The zero-order chi connectivity index (χ0) is 20.1. The van der Waals surface area contributed by atoms with Crippen molar-refractivity contribution in [2.45, 2.75) is 36.2 Å². The molecule has 30 heavy (non-hydrogen) atoms. The number of aryl methyl sites for hydroxylation is 1. The third-order valence-corrected chi connectivity index (χ3v) is 6.25. The van der Waals surface area contributed by atoms with Gasteiger partial charge in [-0.25, -0.2) is 9.37 Å². The van der Waals surface area contributed by atoms with Crippen molar-refractivity contribution < 1.29 is 13.9 Å². The second kappa shape index (κ2) is 10.6. The van der Waals surface area contributed by atoms with E-state index in [0.717, 1.165) is 28.5 Å². The minimum atomic E-state index is -0.700. The minimum Gasteiger partial charge on any atom is -0.345 e. The van der Waals surface area contributed by atoms with E-state index < -0.39 is 5.79 Å². The Balaban J connectivity index is 0.00000256. The molecule has 1 aliphatic heterocycles. The van der Waals surface area contributed by atoms with Gasteiger partial charge in [0.15, 0.2) is 5.79 Å². The molecular formula is C22H23Cl2FN2O2S. The Morgan fingerprint density at radius 1 is 1.17 bits per heavy atom. The Hall–Kier alpha value is -1.57. The lowest BCUT2D eigenvalue weighted by atomic mass is 10.0. The van der Waals surface area contributed by atoms with Crippen molar-refractivity contribution in [1.82, 2.24) is 9.55 Å². The lowest BCUT2D eigenvalue weighted by Gasteiger charge is -2.28. The van der Waals surface area contributed by atoms with E-state index in [1.165, 1.54) is 17.7 Å². The fourth-order valence-corrected chi connectivity index (χ4v) is 4.35. The SMILES string of the molecule is Cl.Fc1ccc(SC[C@@H]2CO[C@](CCc3ccc(Cl)cc3)(Cn3ccnc3)O2)cc1. The Bertz CT molecular complexity index is 910. The first-order valence-corrected chi connectivity index (χ1v) is 10.9. The van der Waals surface area contributed by atoms with Crippen molar-refractivity contribution in [2.24, 2.45) is 0 Å². The molecule has 2 heterocycles. The molecule has 2 aromatic carbocycles. The number of hydrogen-bond acceptors (Lipinski definition) is 4. The number of nitrogens with zero attached hydrogens (tertiary/aromatic N) is 2. The summed E-state index contributed by atoms with van der Waals surface area (Å²) in [4.78, 5) is 5.14. The molecule has 0 bridgehead atoms. The van der Waals surface area contributed by atoms with E-state index in [-0.39, 0.29) is 24.3 Å². The van der Waals surface area contributed by atoms with Gasteiger partial charge in [-0.1, -0.05) is 23.7 Å². The van der Waals surface area contributed by atoms with E-state index in [0.29, 0.717) is 13.2 Å². The van der Waals surface area contributed by atoms with E-state index in [1.54, 1.807) is 36.4 Å². The summed E-state index contributed by atoms with van der Waals surface area (Å²) in [6.07, 6.45) is 6.96. The number of aromatic nitrogens is 2. The maximum Gasteiger partial charge on any atom is 0.187 e. The largest absolute Gasteiger partial charge is 0.345 e. The fourth-order valence-electron chi connectivity index (χ4n) is 3.36. The molecule has 0 N–H and O–H groups in total. The molecule has 1 aliphatic rings. The summed E-state index contributed by atoms with van der Waals surface area (Å²) in [5, 5.41) is 0.730. The molecule has 0 radical (unpaired) electrons. The summed E-state index contributed by atoms with van der Waals surface area (Å²) < 4.78 is 27.7. The normalized spacial score (nSPS) is 20.8. The van der Waals surface area contributed by atoms with E-state index in [2.05, 4.69) is 4.98 Å². The highest BCUT2D eigenvalue weighted by Gasteiger charge is 2.41. The summed E-state index contributed by atoms with van der Waals surface area (Å²) in [7, 11) is 0. The minimum absolute atomic E-state index is 0. The van der Waals surface area contributed by atoms with Crippen LogP contribution in [0.4, 0.5) is 4.39 Å². The molecule has 0 unspecified atom stereocenters. The number of benzene rings is 2. The van der Waals surface area contributed by atoms with Gasteiger partial charge in [0, 0.05) is 34.5 Å². The van der Waals surface area contributed by atoms with Crippen molar-refractivity contribution in [3.05, 3.63) is 83.7 Å². The van der Waals surface area contributed by atoms with Crippen molar-refractivity contribution in [3.8, 4) is 0 Å². The highest BCUT2D eigenvalue weighted by molar-refractivity contribution is 7.99. The van der Waals surface area contributed by atoms with Gasteiger partial charge in [-0.3, -0.25) is 0 Å². The molecule has 0 amide bonds. The maximum atomic E-state index is 13.1. The summed E-state index contributed by atoms with van der Waals surface area (Å²) in [6.45, 7) is 1.11. The van der Waals surface area contributed by atoms with Crippen LogP contribution in [-0.2, 0) is 22.4 Å². The Morgan fingerprint density at radius 2 is 1.93 bits per heavy atom. The third-order valence-electron chi connectivity index (χ3n) is 4.85. The second-order valence-electron chi connectivity index (χ2n) is 7.09. The van der Waals surface area contributed by atoms with Gasteiger partial charge in [0.2, 0.25) is 0 Å². The highest BCUT2D eigenvalue weighted by atomic mass is 35.5. The lowest BCUT2D eigenvalue weighted by Crippen LogP contribution is -2.37. The van der Waals surface area contributed by atoms with Gasteiger partial charge in [-0.15, -0.1) is 24.2 Å². The van der Waals surface area contributed by atoms with Crippen LogP contribution < -0.4 is 0 Å². The van der Waals surface area contributed by atoms with Crippen LogP contribution in [0.3, 0.4) is 0 Å². The number of thioether (sulfide) groups is 1. The summed E-state index contributed by atoms with van der Waals surface area (Å²) in [5.74, 6) is -0.177. The molecule has 4 nitrogen and oxygen atoms in total. The van der Waals surface area contributed by atoms with Crippen LogP contribution in [0.15, 0.2) is 72.1 Å². The quantitative estimate of drug-likeness (QED) is 0.401. The summed E-state index contributed by atoms with van der Waals surface area (Å²) >= 11 is 7.64. The van der Waals surface area contributed by atoms with Gasteiger partial charge in [0.05, 0.1) is 25.6 Å². The van der Waals surface area contributed by atoms with E-state index in [4.69, 9.17) is 21.1 Å². The predicted molar refractivity (Wildman–Crippen MR) is 120 cm³/mol. The number of halogens is 3. The van der Waals surface area contributed by atoms with Crippen molar-refractivity contribution in [2.75, 3.05) is 12.4 Å². The molecular weight excluding hydrogens is 446 g/mol. The van der Waals surface area contributed by atoms with Gasteiger partial charge in [0.1, 0.15) is 5.82 Å². The molecule has 1 saturated heterocycles. The smallest absolute Gasteiger partial charge is 0.187 e. The van der Waals surface area contributed by atoms with Gasteiger partial charge in [-0.2, -0.15) is 0 Å². The topological polar surface area (TPSA) is 36.3 Å². The van der Waals surface area contributed by atoms with Gasteiger partial charge in [-0.05, 0) is 48.4 Å². The van der Waals surface area contributed by atoms with Gasteiger partial charge in [0.25, 0.3) is 0 Å². The Labute approximate surface area is 191 Å². The first kappa shape index (κ1) is 23.1. The van der Waals surface area contributed by atoms with Crippen LogP contribution in [0.5, 0.6) is 0 Å². The molecule has 160 valence electrons. The average molecular weight is 469 g/mol. The zero-order valence-electron chi connectivity index (χ0n) is 16.2. The average Bonchev–Trinajstić information content (AvgIpc) is 3.38. The van der Waals surface area contributed by atoms with Gasteiger partial charge < -0.3 is 14.0 Å².